The third-order valence-electron chi connectivity index (χ3n) is 6.18. The van der Waals surface area contributed by atoms with E-state index in [4.69, 9.17) is 5.73 Å². The van der Waals surface area contributed by atoms with Crippen molar-refractivity contribution in [3.05, 3.63) is 59.4 Å². The number of nitrogens with zero attached hydrogens (tertiary/aromatic N) is 4. The van der Waals surface area contributed by atoms with Gasteiger partial charge in [0, 0.05) is 45.0 Å². The maximum Gasteiger partial charge on any atom is 0.320 e. The fourth-order valence-corrected chi connectivity index (χ4v) is 4.36. The summed E-state index contributed by atoms with van der Waals surface area (Å²) in [6.07, 6.45) is 0.911. The molecular formula is C25H33N5O6. The SMILES string of the molecule is Nc1ccc(CCC(C(=O)O)N2CCN(CC(=O)O)CCN(CC(=O)O)Cc3cccc(n3)C2)cc1. The Hall–Kier alpha value is -3.54. The Labute approximate surface area is 209 Å². The summed E-state index contributed by atoms with van der Waals surface area (Å²) < 4.78 is 0. The number of rotatable bonds is 9. The predicted molar refractivity (Wildman–Crippen MR) is 132 cm³/mol. The fraction of sp³-hybridized carbons (Fsp3) is 0.440. The molecule has 1 aliphatic rings. The summed E-state index contributed by atoms with van der Waals surface area (Å²) in [4.78, 5) is 45.1. The van der Waals surface area contributed by atoms with Crippen molar-refractivity contribution in [3.63, 3.8) is 0 Å². The second-order valence-corrected chi connectivity index (χ2v) is 9.00. The summed E-state index contributed by atoms with van der Waals surface area (Å²) in [6.45, 7) is 1.45. The molecule has 5 N–H and O–H groups in total. The molecule has 0 spiro atoms. The van der Waals surface area contributed by atoms with Crippen LogP contribution in [-0.2, 0) is 33.9 Å². The average molecular weight is 500 g/mol. The van der Waals surface area contributed by atoms with Crippen LogP contribution in [0.1, 0.15) is 23.4 Å². The zero-order valence-corrected chi connectivity index (χ0v) is 20.1. The molecule has 0 fully saturated rings. The Balaban J connectivity index is 1.85. The van der Waals surface area contributed by atoms with E-state index in [1.165, 1.54) is 0 Å². The van der Waals surface area contributed by atoms with E-state index in [2.05, 4.69) is 4.98 Å². The first-order chi connectivity index (χ1) is 17.2. The van der Waals surface area contributed by atoms with Gasteiger partial charge in [-0.3, -0.25) is 34.1 Å². The Morgan fingerprint density at radius 3 is 2.06 bits per heavy atom. The van der Waals surface area contributed by atoms with Gasteiger partial charge in [0.25, 0.3) is 0 Å². The molecule has 1 unspecified atom stereocenters. The van der Waals surface area contributed by atoms with E-state index in [0.717, 1.165) is 5.56 Å². The van der Waals surface area contributed by atoms with Crippen molar-refractivity contribution >= 4 is 23.6 Å². The summed E-state index contributed by atoms with van der Waals surface area (Å²) in [5.41, 5.74) is 8.72. The van der Waals surface area contributed by atoms with Gasteiger partial charge >= 0.3 is 17.9 Å². The van der Waals surface area contributed by atoms with E-state index in [1.54, 1.807) is 28.0 Å². The molecule has 0 saturated heterocycles. The number of anilines is 1. The van der Waals surface area contributed by atoms with Crippen LogP contribution in [0.4, 0.5) is 5.69 Å². The average Bonchev–Trinajstić information content (AvgIpc) is 2.80. The van der Waals surface area contributed by atoms with Crippen molar-refractivity contribution in [2.24, 2.45) is 0 Å². The maximum atomic E-state index is 12.3. The van der Waals surface area contributed by atoms with E-state index in [-0.39, 0.29) is 19.6 Å². The number of aliphatic carboxylic acids is 3. The molecule has 1 atom stereocenters. The number of fused-ring (bicyclic) bond motifs is 2. The fourth-order valence-electron chi connectivity index (χ4n) is 4.36. The lowest BCUT2D eigenvalue weighted by molar-refractivity contribution is -0.144. The van der Waals surface area contributed by atoms with Gasteiger partial charge in [0.05, 0.1) is 24.5 Å². The smallest absolute Gasteiger partial charge is 0.320 e. The molecule has 1 aromatic heterocycles. The van der Waals surface area contributed by atoms with Crippen molar-refractivity contribution in [1.82, 2.24) is 19.7 Å². The van der Waals surface area contributed by atoms with Gasteiger partial charge < -0.3 is 21.1 Å². The molecule has 0 radical (unpaired) electrons. The molecule has 0 amide bonds. The minimum atomic E-state index is -0.997. The number of hydrogen-bond acceptors (Lipinski definition) is 8. The number of nitrogens with two attached hydrogens (primary N) is 1. The molecule has 0 aliphatic carbocycles. The topological polar surface area (TPSA) is 161 Å². The van der Waals surface area contributed by atoms with Gasteiger partial charge in [-0.05, 0) is 42.7 Å². The Morgan fingerprint density at radius 2 is 1.42 bits per heavy atom. The number of benzene rings is 1. The van der Waals surface area contributed by atoms with Gasteiger partial charge in [-0.1, -0.05) is 18.2 Å². The van der Waals surface area contributed by atoms with E-state index in [1.807, 2.05) is 29.2 Å². The lowest BCUT2D eigenvalue weighted by Crippen LogP contribution is -2.47. The number of carbonyl (C=O) groups is 3. The summed E-state index contributed by atoms with van der Waals surface area (Å²) in [5.74, 6) is -2.92. The molecule has 1 aliphatic heterocycles. The van der Waals surface area contributed by atoms with Crippen LogP contribution in [0.25, 0.3) is 0 Å². The minimum absolute atomic E-state index is 0.189. The van der Waals surface area contributed by atoms with Gasteiger partial charge in [0.15, 0.2) is 0 Å². The second kappa shape index (κ2) is 13.0. The number of hydrogen-bond donors (Lipinski definition) is 4. The molecule has 36 heavy (non-hydrogen) atoms. The van der Waals surface area contributed by atoms with E-state index in [0.29, 0.717) is 62.6 Å². The van der Waals surface area contributed by atoms with Crippen molar-refractivity contribution in [1.29, 1.82) is 0 Å². The van der Waals surface area contributed by atoms with Crippen LogP contribution < -0.4 is 5.73 Å². The van der Waals surface area contributed by atoms with Crippen molar-refractivity contribution in [2.45, 2.75) is 32.0 Å². The van der Waals surface area contributed by atoms with Gasteiger partial charge in [0.1, 0.15) is 6.04 Å². The third-order valence-corrected chi connectivity index (χ3v) is 6.18. The predicted octanol–water partition coefficient (Wildman–Crippen LogP) is 0.839. The molecule has 11 nitrogen and oxygen atoms in total. The third kappa shape index (κ3) is 8.59. The van der Waals surface area contributed by atoms with Crippen LogP contribution in [0.3, 0.4) is 0 Å². The summed E-state index contributed by atoms with van der Waals surface area (Å²) >= 11 is 0. The summed E-state index contributed by atoms with van der Waals surface area (Å²) in [5, 5.41) is 28.8. The standard InChI is InChI=1S/C25H33N5O6/c26-19-7-4-18(5-8-19)6-9-22(25(35)36)30-13-12-28(16-23(31)32)10-11-29(17-24(33)34)14-20-2-1-3-21(15-30)27-20/h1-5,7-8,22H,6,9-17,26H2,(H,31,32)(H,33,34)(H,35,36). The van der Waals surface area contributed by atoms with Crippen molar-refractivity contribution < 1.29 is 29.7 Å². The van der Waals surface area contributed by atoms with Crippen molar-refractivity contribution in [2.75, 3.05) is 45.0 Å². The molecular weight excluding hydrogens is 466 g/mol. The summed E-state index contributed by atoms with van der Waals surface area (Å²) in [7, 11) is 0. The normalized spacial score (nSPS) is 17.0. The first-order valence-corrected chi connectivity index (χ1v) is 11.8. The highest BCUT2D eigenvalue weighted by Gasteiger charge is 2.27. The highest BCUT2D eigenvalue weighted by molar-refractivity contribution is 5.73. The number of pyridine rings is 1. The molecule has 11 heteroatoms. The van der Waals surface area contributed by atoms with Crippen LogP contribution in [-0.4, -0.2) is 98.2 Å². The van der Waals surface area contributed by atoms with Crippen LogP contribution in [0.15, 0.2) is 42.5 Å². The first-order valence-electron chi connectivity index (χ1n) is 11.8. The number of aryl methyl sites for hydroxylation is 1. The molecule has 0 saturated carbocycles. The van der Waals surface area contributed by atoms with Gasteiger partial charge in [0.2, 0.25) is 0 Å². The van der Waals surface area contributed by atoms with Crippen LogP contribution in [0, 0.1) is 0 Å². The zero-order valence-electron chi connectivity index (χ0n) is 20.1. The van der Waals surface area contributed by atoms with E-state index in [9.17, 15) is 29.7 Å². The van der Waals surface area contributed by atoms with Crippen LogP contribution in [0.2, 0.25) is 0 Å². The lowest BCUT2D eigenvalue weighted by atomic mass is 10.0. The Bertz CT molecular complexity index is 1050. The molecule has 3 rings (SSSR count). The summed E-state index contributed by atoms with van der Waals surface area (Å²) in [6, 6.07) is 12.0. The molecule has 2 aromatic rings. The quantitative estimate of drug-likeness (QED) is 0.362. The maximum absolute atomic E-state index is 12.3. The van der Waals surface area contributed by atoms with E-state index >= 15 is 0 Å². The van der Waals surface area contributed by atoms with Crippen LogP contribution in [0.5, 0.6) is 0 Å². The number of nitrogen functional groups attached to an aromatic ring is 1. The Morgan fingerprint density at radius 1 is 0.833 bits per heavy atom. The van der Waals surface area contributed by atoms with Crippen molar-refractivity contribution in [3.8, 4) is 0 Å². The molecule has 194 valence electrons. The number of carboxylic acid groups (broad SMARTS) is 3. The highest BCUT2D eigenvalue weighted by Crippen LogP contribution is 2.16. The monoisotopic (exact) mass is 499 g/mol. The molecule has 2 bridgehead atoms. The number of carboxylic acids is 3. The molecule has 2 heterocycles. The van der Waals surface area contributed by atoms with Gasteiger partial charge in [-0.15, -0.1) is 0 Å². The largest absolute Gasteiger partial charge is 0.480 e. The zero-order chi connectivity index (χ0) is 26.1. The number of aromatic nitrogens is 1. The highest BCUT2D eigenvalue weighted by atomic mass is 16.4. The lowest BCUT2D eigenvalue weighted by Gasteiger charge is -2.33. The first kappa shape index (κ1) is 27.1. The minimum Gasteiger partial charge on any atom is -0.480 e. The van der Waals surface area contributed by atoms with Crippen LogP contribution >= 0.6 is 0 Å². The second-order valence-electron chi connectivity index (χ2n) is 9.00. The van der Waals surface area contributed by atoms with Gasteiger partial charge in [-0.2, -0.15) is 0 Å². The molecule has 1 aromatic carbocycles. The van der Waals surface area contributed by atoms with E-state index < -0.39 is 23.9 Å². The Kier molecular flexibility index (Phi) is 9.74. The van der Waals surface area contributed by atoms with Gasteiger partial charge in [-0.25, -0.2) is 0 Å².